The maximum atomic E-state index is 12.1. The summed E-state index contributed by atoms with van der Waals surface area (Å²) in [4.78, 5) is 12.1. The van der Waals surface area contributed by atoms with Crippen LogP contribution in [0.2, 0.25) is 0 Å². The van der Waals surface area contributed by atoms with Crippen LogP contribution in [0.3, 0.4) is 0 Å². The highest BCUT2D eigenvalue weighted by Crippen LogP contribution is 2.22. The number of rotatable bonds is 5. The van der Waals surface area contributed by atoms with E-state index in [0.717, 1.165) is 23.0 Å². The van der Waals surface area contributed by atoms with Crippen molar-refractivity contribution in [1.82, 2.24) is 15.1 Å². The zero-order valence-corrected chi connectivity index (χ0v) is 13.1. The van der Waals surface area contributed by atoms with E-state index in [-0.39, 0.29) is 6.03 Å². The summed E-state index contributed by atoms with van der Waals surface area (Å²) in [6.07, 6.45) is 3.68. The highest BCUT2D eigenvalue weighted by Gasteiger charge is 2.08. The number of hydrogen-bond acceptors (Lipinski definition) is 2. The number of anilines is 1. The average molecular weight is 308 g/mol. The average Bonchev–Trinajstić information content (AvgIpc) is 3.06. The molecule has 0 bridgehead atoms. The minimum atomic E-state index is -0.186. The summed E-state index contributed by atoms with van der Waals surface area (Å²) >= 11 is 0. The van der Waals surface area contributed by atoms with E-state index in [1.165, 1.54) is 0 Å². The third-order valence-corrected chi connectivity index (χ3v) is 3.71. The van der Waals surface area contributed by atoms with Crippen molar-refractivity contribution in [3.05, 3.63) is 60.9 Å². The van der Waals surface area contributed by atoms with Gasteiger partial charge in [0.2, 0.25) is 0 Å². The lowest BCUT2D eigenvalue weighted by Gasteiger charge is -2.14. The van der Waals surface area contributed by atoms with E-state index in [0.29, 0.717) is 12.5 Å². The Morgan fingerprint density at radius 2 is 2.00 bits per heavy atom. The van der Waals surface area contributed by atoms with Gasteiger partial charge < -0.3 is 10.6 Å². The molecule has 5 heteroatoms. The zero-order chi connectivity index (χ0) is 16.1. The summed E-state index contributed by atoms with van der Waals surface area (Å²) in [7, 11) is 0. The standard InChI is InChI=1S/C18H20N4O/c1-14(13-22-11-5-10-20-22)12-19-18(23)21-17-9-4-7-15-6-2-3-8-16(15)17/h2-11,14H,12-13H2,1H3,(H2,19,21,23)/t14-/m0/s1. The number of fused-ring (bicyclic) bond motifs is 1. The molecule has 118 valence electrons. The lowest BCUT2D eigenvalue weighted by Crippen LogP contribution is -2.33. The van der Waals surface area contributed by atoms with Crippen molar-refractivity contribution in [2.45, 2.75) is 13.5 Å². The van der Waals surface area contributed by atoms with Crippen LogP contribution in [0.15, 0.2) is 60.9 Å². The van der Waals surface area contributed by atoms with Gasteiger partial charge in [0, 0.05) is 30.9 Å². The minimum absolute atomic E-state index is 0.186. The van der Waals surface area contributed by atoms with E-state index in [1.807, 2.05) is 59.4 Å². The first-order chi connectivity index (χ1) is 11.2. The number of aromatic nitrogens is 2. The SMILES string of the molecule is C[C@@H](CNC(=O)Nc1cccc2ccccc12)Cn1cccn1. The third kappa shape index (κ3) is 3.88. The molecule has 0 aliphatic heterocycles. The molecule has 1 heterocycles. The predicted molar refractivity (Wildman–Crippen MR) is 92.4 cm³/mol. The van der Waals surface area contributed by atoms with Gasteiger partial charge in [-0.05, 0) is 23.4 Å². The molecule has 23 heavy (non-hydrogen) atoms. The molecule has 0 saturated heterocycles. The van der Waals surface area contributed by atoms with Crippen molar-refractivity contribution in [1.29, 1.82) is 0 Å². The largest absolute Gasteiger partial charge is 0.338 e. The third-order valence-electron chi connectivity index (χ3n) is 3.71. The van der Waals surface area contributed by atoms with Crippen LogP contribution in [0.25, 0.3) is 10.8 Å². The highest BCUT2D eigenvalue weighted by atomic mass is 16.2. The maximum Gasteiger partial charge on any atom is 0.319 e. The number of urea groups is 1. The Hall–Kier alpha value is -2.82. The van der Waals surface area contributed by atoms with Crippen LogP contribution < -0.4 is 10.6 Å². The first-order valence-corrected chi connectivity index (χ1v) is 7.72. The summed E-state index contributed by atoms with van der Waals surface area (Å²) < 4.78 is 1.87. The van der Waals surface area contributed by atoms with Crippen LogP contribution in [0, 0.1) is 5.92 Å². The Morgan fingerprint density at radius 1 is 1.17 bits per heavy atom. The number of nitrogens with one attached hydrogen (secondary N) is 2. The summed E-state index contributed by atoms with van der Waals surface area (Å²) in [5, 5.41) is 12.2. The van der Waals surface area contributed by atoms with Crippen molar-refractivity contribution < 1.29 is 4.79 Å². The molecule has 0 saturated carbocycles. The molecule has 0 aliphatic rings. The number of carbonyl (C=O) groups is 1. The van der Waals surface area contributed by atoms with E-state index in [2.05, 4.69) is 22.7 Å². The molecule has 3 rings (SSSR count). The van der Waals surface area contributed by atoms with E-state index < -0.39 is 0 Å². The van der Waals surface area contributed by atoms with E-state index >= 15 is 0 Å². The van der Waals surface area contributed by atoms with Crippen molar-refractivity contribution in [2.24, 2.45) is 5.92 Å². The van der Waals surface area contributed by atoms with Gasteiger partial charge in [-0.15, -0.1) is 0 Å². The first kappa shape index (κ1) is 15.1. The van der Waals surface area contributed by atoms with Crippen LogP contribution in [0.1, 0.15) is 6.92 Å². The molecule has 1 aromatic heterocycles. The Kier molecular flexibility index (Phi) is 4.57. The van der Waals surface area contributed by atoms with Gasteiger partial charge in [-0.2, -0.15) is 5.10 Å². The lowest BCUT2D eigenvalue weighted by atomic mass is 10.1. The van der Waals surface area contributed by atoms with Crippen LogP contribution in [-0.4, -0.2) is 22.4 Å². The monoisotopic (exact) mass is 308 g/mol. The quantitative estimate of drug-likeness (QED) is 0.758. The zero-order valence-electron chi connectivity index (χ0n) is 13.1. The molecule has 2 aromatic carbocycles. The van der Waals surface area contributed by atoms with E-state index in [9.17, 15) is 4.79 Å². The fourth-order valence-electron chi connectivity index (χ4n) is 2.56. The van der Waals surface area contributed by atoms with Gasteiger partial charge in [0.25, 0.3) is 0 Å². The number of amides is 2. The highest BCUT2D eigenvalue weighted by molar-refractivity contribution is 6.01. The second-order valence-electron chi connectivity index (χ2n) is 5.70. The molecule has 5 nitrogen and oxygen atoms in total. The Labute approximate surface area is 135 Å². The van der Waals surface area contributed by atoms with Crippen LogP contribution in [-0.2, 0) is 6.54 Å². The molecule has 2 amide bonds. The Morgan fingerprint density at radius 3 is 2.83 bits per heavy atom. The van der Waals surface area contributed by atoms with Gasteiger partial charge in [-0.3, -0.25) is 4.68 Å². The summed E-state index contributed by atoms with van der Waals surface area (Å²) in [6.45, 7) is 3.46. The summed E-state index contributed by atoms with van der Waals surface area (Å²) in [6, 6.07) is 15.6. The normalized spacial score (nSPS) is 12.0. The number of carbonyl (C=O) groups excluding carboxylic acids is 1. The first-order valence-electron chi connectivity index (χ1n) is 7.72. The van der Waals surface area contributed by atoms with Gasteiger partial charge in [0.1, 0.15) is 0 Å². The molecule has 1 atom stereocenters. The van der Waals surface area contributed by atoms with Gasteiger partial charge >= 0.3 is 6.03 Å². The molecule has 3 aromatic rings. The van der Waals surface area contributed by atoms with E-state index in [1.54, 1.807) is 6.20 Å². The number of benzene rings is 2. The predicted octanol–water partition coefficient (Wildman–Crippen LogP) is 3.49. The molecule has 2 N–H and O–H groups in total. The maximum absolute atomic E-state index is 12.1. The molecular weight excluding hydrogens is 288 g/mol. The van der Waals surface area contributed by atoms with Gasteiger partial charge in [0.05, 0.1) is 5.69 Å². The number of nitrogens with zero attached hydrogens (tertiary/aromatic N) is 2. The molecule has 0 radical (unpaired) electrons. The lowest BCUT2D eigenvalue weighted by molar-refractivity contribution is 0.249. The van der Waals surface area contributed by atoms with Crippen molar-refractivity contribution in [3.63, 3.8) is 0 Å². The summed E-state index contributed by atoms with van der Waals surface area (Å²) in [5.41, 5.74) is 0.820. The van der Waals surface area contributed by atoms with Gasteiger partial charge in [-0.1, -0.05) is 43.3 Å². The molecule has 0 unspecified atom stereocenters. The molecule has 0 spiro atoms. The Balaban J connectivity index is 1.56. The fourth-order valence-corrected chi connectivity index (χ4v) is 2.56. The van der Waals surface area contributed by atoms with Crippen molar-refractivity contribution >= 4 is 22.5 Å². The molecular formula is C18H20N4O. The second-order valence-corrected chi connectivity index (χ2v) is 5.70. The van der Waals surface area contributed by atoms with Crippen LogP contribution in [0.5, 0.6) is 0 Å². The molecule has 0 fully saturated rings. The fraction of sp³-hybridized carbons (Fsp3) is 0.222. The van der Waals surface area contributed by atoms with Crippen LogP contribution >= 0.6 is 0 Å². The minimum Gasteiger partial charge on any atom is -0.338 e. The summed E-state index contributed by atoms with van der Waals surface area (Å²) in [5.74, 6) is 0.299. The van der Waals surface area contributed by atoms with Gasteiger partial charge in [0.15, 0.2) is 0 Å². The number of hydrogen-bond donors (Lipinski definition) is 2. The smallest absolute Gasteiger partial charge is 0.319 e. The van der Waals surface area contributed by atoms with Crippen molar-refractivity contribution in [3.8, 4) is 0 Å². The van der Waals surface area contributed by atoms with E-state index in [4.69, 9.17) is 0 Å². The van der Waals surface area contributed by atoms with Crippen LogP contribution in [0.4, 0.5) is 10.5 Å². The van der Waals surface area contributed by atoms with Crippen molar-refractivity contribution in [2.75, 3.05) is 11.9 Å². The topological polar surface area (TPSA) is 59.0 Å². The second kappa shape index (κ2) is 6.96. The Bertz CT molecular complexity index is 777. The molecule has 0 aliphatic carbocycles. The van der Waals surface area contributed by atoms with Gasteiger partial charge in [-0.25, -0.2) is 4.79 Å².